The van der Waals surface area contributed by atoms with Crippen molar-refractivity contribution in [2.45, 2.75) is 19.8 Å². The molecule has 1 amide bonds. The summed E-state index contributed by atoms with van der Waals surface area (Å²) in [5.74, 6) is 1.33. The molecule has 1 aromatic heterocycles. The van der Waals surface area contributed by atoms with Crippen LogP contribution in [0.3, 0.4) is 0 Å². The fourth-order valence-corrected chi connectivity index (χ4v) is 4.00. The first kappa shape index (κ1) is 22.2. The molecular formula is C24H25N5O4. The molecule has 0 saturated carbocycles. The first-order valence-electron chi connectivity index (χ1n) is 10.7. The number of non-ortho nitro benzene ring substituents is 1. The number of nitro groups is 1. The Balaban J connectivity index is 1.36. The minimum Gasteiger partial charge on any atom is -0.496 e. The maximum atomic E-state index is 12.7. The van der Waals surface area contributed by atoms with Crippen LogP contribution in [-0.4, -0.2) is 41.2 Å². The van der Waals surface area contributed by atoms with E-state index in [-0.39, 0.29) is 17.5 Å². The number of nitro benzene ring substituents is 1. The lowest BCUT2D eigenvalue weighted by Gasteiger charge is -2.32. The highest BCUT2D eigenvalue weighted by Gasteiger charge is 2.26. The molecule has 170 valence electrons. The van der Waals surface area contributed by atoms with Crippen LogP contribution in [0.1, 0.15) is 18.4 Å². The number of hydrogen-bond acceptors (Lipinski definition) is 7. The van der Waals surface area contributed by atoms with E-state index >= 15 is 0 Å². The SMILES string of the molecule is COc1ccccc1-c1ccc(N2CCC(C(=O)Nc3ccc([N+](=O)[O-])cc3C)CC2)nn1. The zero-order valence-corrected chi connectivity index (χ0v) is 18.5. The molecule has 1 N–H and O–H groups in total. The molecule has 0 bridgehead atoms. The number of methoxy groups -OCH3 is 1. The molecular weight excluding hydrogens is 422 g/mol. The van der Waals surface area contributed by atoms with Crippen LogP contribution in [0.4, 0.5) is 17.2 Å². The van der Waals surface area contributed by atoms with Crippen molar-refractivity contribution >= 4 is 23.1 Å². The quantitative estimate of drug-likeness (QED) is 0.445. The van der Waals surface area contributed by atoms with Gasteiger partial charge in [0, 0.05) is 42.4 Å². The van der Waals surface area contributed by atoms with Gasteiger partial charge in [-0.1, -0.05) is 12.1 Å². The van der Waals surface area contributed by atoms with Crippen LogP contribution in [0.25, 0.3) is 11.3 Å². The molecule has 0 unspecified atom stereocenters. The number of para-hydroxylation sites is 1. The van der Waals surface area contributed by atoms with E-state index in [0.29, 0.717) is 37.2 Å². The second-order valence-corrected chi connectivity index (χ2v) is 7.98. The van der Waals surface area contributed by atoms with Crippen molar-refractivity contribution in [2.24, 2.45) is 5.92 Å². The van der Waals surface area contributed by atoms with Gasteiger partial charge in [-0.2, -0.15) is 0 Å². The summed E-state index contributed by atoms with van der Waals surface area (Å²) in [6, 6.07) is 16.0. The molecule has 0 atom stereocenters. The second-order valence-electron chi connectivity index (χ2n) is 7.98. The third-order valence-corrected chi connectivity index (χ3v) is 5.90. The van der Waals surface area contributed by atoms with Gasteiger partial charge in [-0.15, -0.1) is 10.2 Å². The number of carbonyl (C=O) groups is 1. The Morgan fingerprint density at radius 3 is 2.52 bits per heavy atom. The number of anilines is 2. The summed E-state index contributed by atoms with van der Waals surface area (Å²) in [7, 11) is 1.63. The Morgan fingerprint density at radius 2 is 1.88 bits per heavy atom. The summed E-state index contributed by atoms with van der Waals surface area (Å²) in [6.45, 7) is 3.14. The number of hydrogen-bond donors (Lipinski definition) is 1. The normalized spacial score (nSPS) is 14.1. The second kappa shape index (κ2) is 9.64. The zero-order chi connectivity index (χ0) is 23.4. The summed E-state index contributed by atoms with van der Waals surface area (Å²) in [5, 5.41) is 22.6. The highest BCUT2D eigenvalue weighted by molar-refractivity contribution is 5.93. The van der Waals surface area contributed by atoms with Gasteiger partial charge in [-0.05, 0) is 55.7 Å². The van der Waals surface area contributed by atoms with Gasteiger partial charge in [-0.25, -0.2) is 0 Å². The molecule has 1 aliphatic heterocycles. The number of piperidine rings is 1. The number of ether oxygens (including phenoxy) is 1. The van der Waals surface area contributed by atoms with Crippen LogP contribution in [0.15, 0.2) is 54.6 Å². The lowest BCUT2D eigenvalue weighted by atomic mass is 9.95. The molecule has 0 aliphatic carbocycles. The van der Waals surface area contributed by atoms with Gasteiger partial charge in [0.1, 0.15) is 5.75 Å². The lowest BCUT2D eigenvalue weighted by Crippen LogP contribution is -2.38. The number of aryl methyl sites for hydroxylation is 1. The van der Waals surface area contributed by atoms with E-state index in [2.05, 4.69) is 20.4 Å². The first-order valence-corrected chi connectivity index (χ1v) is 10.7. The summed E-state index contributed by atoms with van der Waals surface area (Å²) in [6.07, 6.45) is 1.38. The van der Waals surface area contributed by atoms with Gasteiger partial charge in [-0.3, -0.25) is 14.9 Å². The zero-order valence-electron chi connectivity index (χ0n) is 18.5. The van der Waals surface area contributed by atoms with Crippen molar-refractivity contribution in [1.82, 2.24) is 10.2 Å². The number of rotatable bonds is 6. The largest absolute Gasteiger partial charge is 0.496 e. The van der Waals surface area contributed by atoms with Gasteiger partial charge in [0.2, 0.25) is 5.91 Å². The van der Waals surface area contributed by atoms with Crippen LogP contribution in [-0.2, 0) is 4.79 Å². The third-order valence-electron chi connectivity index (χ3n) is 5.90. The molecule has 3 aromatic rings. The van der Waals surface area contributed by atoms with Crippen LogP contribution in [0, 0.1) is 23.0 Å². The van der Waals surface area contributed by atoms with Gasteiger partial charge in [0.25, 0.3) is 5.69 Å². The Morgan fingerprint density at radius 1 is 1.12 bits per heavy atom. The predicted molar refractivity (Wildman–Crippen MR) is 125 cm³/mol. The van der Waals surface area contributed by atoms with E-state index < -0.39 is 4.92 Å². The molecule has 2 heterocycles. The minimum absolute atomic E-state index is 0.0108. The smallest absolute Gasteiger partial charge is 0.269 e. The van der Waals surface area contributed by atoms with E-state index in [4.69, 9.17) is 4.74 Å². The Kier molecular flexibility index (Phi) is 6.48. The summed E-state index contributed by atoms with van der Waals surface area (Å²) in [4.78, 5) is 25.3. The number of nitrogens with zero attached hydrogens (tertiary/aromatic N) is 4. The Bertz CT molecular complexity index is 1160. The van der Waals surface area contributed by atoms with E-state index in [1.165, 1.54) is 12.1 Å². The fraction of sp³-hybridized carbons (Fsp3) is 0.292. The van der Waals surface area contributed by atoms with Crippen molar-refractivity contribution in [3.63, 3.8) is 0 Å². The molecule has 0 radical (unpaired) electrons. The van der Waals surface area contributed by atoms with E-state index in [1.54, 1.807) is 20.1 Å². The summed E-state index contributed by atoms with van der Waals surface area (Å²) in [5.41, 5.74) is 2.91. The van der Waals surface area contributed by atoms with Gasteiger partial charge in [0.05, 0.1) is 17.7 Å². The van der Waals surface area contributed by atoms with Crippen LogP contribution in [0.2, 0.25) is 0 Å². The average molecular weight is 447 g/mol. The van der Waals surface area contributed by atoms with Gasteiger partial charge < -0.3 is 15.0 Å². The summed E-state index contributed by atoms with van der Waals surface area (Å²) >= 11 is 0. The highest BCUT2D eigenvalue weighted by atomic mass is 16.6. The fourth-order valence-electron chi connectivity index (χ4n) is 4.00. The van der Waals surface area contributed by atoms with Crippen molar-refractivity contribution in [1.29, 1.82) is 0 Å². The Hall–Kier alpha value is -4.01. The maximum absolute atomic E-state index is 12.7. The van der Waals surface area contributed by atoms with E-state index in [0.717, 1.165) is 22.8 Å². The van der Waals surface area contributed by atoms with Gasteiger partial charge in [0.15, 0.2) is 5.82 Å². The number of carbonyl (C=O) groups excluding carboxylic acids is 1. The standard InChI is InChI=1S/C24H25N5O4/c1-16-15-18(29(31)32)7-8-20(16)25-24(30)17-11-13-28(14-12-17)23-10-9-21(26-27-23)19-5-3-4-6-22(19)33-2/h3-10,15,17H,11-14H2,1-2H3,(H,25,30). The molecule has 1 fully saturated rings. The predicted octanol–water partition coefficient (Wildman–Crippen LogP) is 4.22. The summed E-state index contributed by atoms with van der Waals surface area (Å²) < 4.78 is 5.40. The van der Waals surface area contributed by atoms with Crippen molar-refractivity contribution in [2.75, 3.05) is 30.4 Å². The minimum atomic E-state index is -0.444. The number of benzene rings is 2. The Labute approximate surface area is 191 Å². The lowest BCUT2D eigenvalue weighted by molar-refractivity contribution is -0.384. The number of amides is 1. The molecule has 4 rings (SSSR count). The molecule has 9 heteroatoms. The van der Waals surface area contributed by atoms with Crippen molar-refractivity contribution < 1.29 is 14.5 Å². The van der Waals surface area contributed by atoms with Crippen molar-refractivity contribution in [3.05, 3.63) is 70.3 Å². The maximum Gasteiger partial charge on any atom is 0.269 e. The van der Waals surface area contributed by atoms with E-state index in [9.17, 15) is 14.9 Å². The van der Waals surface area contributed by atoms with Crippen LogP contribution >= 0.6 is 0 Å². The molecule has 9 nitrogen and oxygen atoms in total. The van der Waals surface area contributed by atoms with Crippen LogP contribution < -0.4 is 15.0 Å². The third kappa shape index (κ3) is 4.92. The van der Waals surface area contributed by atoms with E-state index in [1.807, 2.05) is 36.4 Å². The molecule has 1 saturated heterocycles. The molecule has 2 aromatic carbocycles. The van der Waals surface area contributed by atoms with Gasteiger partial charge >= 0.3 is 0 Å². The topological polar surface area (TPSA) is 110 Å². The van der Waals surface area contributed by atoms with Crippen molar-refractivity contribution in [3.8, 4) is 17.0 Å². The molecule has 1 aliphatic rings. The monoisotopic (exact) mass is 447 g/mol. The number of aromatic nitrogens is 2. The highest BCUT2D eigenvalue weighted by Crippen LogP contribution is 2.29. The average Bonchev–Trinajstić information content (AvgIpc) is 2.85. The number of nitrogens with one attached hydrogen (secondary N) is 1. The first-order chi connectivity index (χ1) is 16.0. The molecule has 0 spiro atoms. The van der Waals surface area contributed by atoms with Crippen LogP contribution in [0.5, 0.6) is 5.75 Å². The molecule has 33 heavy (non-hydrogen) atoms.